The van der Waals surface area contributed by atoms with Gasteiger partial charge in [0.05, 0.1) is 16.6 Å². The van der Waals surface area contributed by atoms with Crippen molar-refractivity contribution in [2.24, 2.45) is 0 Å². The molecule has 1 aliphatic rings. The summed E-state index contributed by atoms with van der Waals surface area (Å²) < 4.78 is 6.12. The quantitative estimate of drug-likeness (QED) is 0.879. The molecule has 0 amide bonds. The molecule has 0 aliphatic carbocycles. The molecule has 4 nitrogen and oxygen atoms in total. The van der Waals surface area contributed by atoms with Gasteiger partial charge in [-0.1, -0.05) is 11.3 Å². The minimum Gasteiger partial charge on any atom is -0.386 e. The Kier molecular flexibility index (Phi) is 3.06. The highest BCUT2D eigenvalue weighted by Gasteiger charge is 2.32. The first-order valence-corrected chi connectivity index (χ1v) is 5.94. The van der Waals surface area contributed by atoms with E-state index < -0.39 is 5.60 Å². The van der Waals surface area contributed by atoms with Gasteiger partial charge < -0.3 is 15.2 Å². The van der Waals surface area contributed by atoms with Crippen LogP contribution in [0.3, 0.4) is 0 Å². The highest BCUT2D eigenvalue weighted by atomic mass is 79.9. The Morgan fingerprint density at radius 2 is 2.64 bits per heavy atom. The Morgan fingerprint density at radius 3 is 3.21 bits per heavy atom. The van der Waals surface area contributed by atoms with E-state index in [1.165, 1.54) is 11.3 Å². The first-order chi connectivity index (χ1) is 6.68. The predicted molar refractivity (Wildman–Crippen MR) is 58.7 cm³/mol. The minimum atomic E-state index is -0.724. The van der Waals surface area contributed by atoms with Crippen molar-refractivity contribution in [3.63, 3.8) is 0 Å². The first kappa shape index (κ1) is 10.4. The Bertz CT molecular complexity index is 312. The van der Waals surface area contributed by atoms with Crippen LogP contribution in [0.2, 0.25) is 0 Å². The molecule has 2 N–H and O–H groups in total. The second-order valence-corrected chi connectivity index (χ2v) is 5.76. The van der Waals surface area contributed by atoms with Crippen LogP contribution >= 0.6 is 27.3 Å². The summed E-state index contributed by atoms with van der Waals surface area (Å²) in [5, 5.41) is 13.8. The standard InChI is InChI=1S/C8H11BrN2O2S/c9-6-3-10-7(14-6)11-4-8(12)1-2-13-5-8/h3,12H,1-2,4-5H2,(H,10,11). The van der Waals surface area contributed by atoms with Crippen molar-refractivity contribution in [2.75, 3.05) is 25.1 Å². The topological polar surface area (TPSA) is 54.4 Å². The van der Waals surface area contributed by atoms with Crippen LogP contribution in [0.4, 0.5) is 5.13 Å². The summed E-state index contributed by atoms with van der Waals surface area (Å²) in [4.78, 5) is 4.12. The summed E-state index contributed by atoms with van der Waals surface area (Å²) in [5.41, 5.74) is -0.724. The lowest BCUT2D eigenvalue weighted by atomic mass is 10.0. The van der Waals surface area contributed by atoms with Gasteiger partial charge in [0.2, 0.25) is 0 Å². The molecule has 2 rings (SSSR count). The van der Waals surface area contributed by atoms with Crippen LogP contribution in [0.25, 0.3) is 0 Å². The van der Waals surface area contributed by atoms with Crippen LogP contribution in [0.15, 0.2) is 9.98 Å². The summed E-state index contributed by atoms with van der Waals surface area (Å²) in [7, 11) is 0. The van der Waals surface area contributed by atoms with Crippen molar-refractivity contribution in [2.45, 2.75) is 12.0 Å². The van der Waals surface area contributed by atoms with Crippen LogP contribution < -0.4 is 5.32 Å². The minimum absolute atomic E-state index is 0.409. The number of aliphatic hydroxyl groups is 1. The van der Waals surface area contributed by atoms with Crippen molar-refractivity contribution in [3.05, 3.63) is 9.98 Å². The van der Waals surface area contributed by atoms with Gasteiger partial charge in [-0.05, 0) is 15.9 Å². The number of anilines is 1. The summed E-state index contributed by atoms with van der Waals surface area (Å²) in [6, 6.07) is 0. The lowest BCUT2D eigenvalue weighted by molar-refractivity contribution is 0.0382. The summed E-state index contributed by atoms with van der Waals surface area (Å²) in [5.74, 6) is 0. The summed E-state index contributed by atoms with van der Waals surface area (Å²) in [6.07, 6.45) is 2.43. The molecule has 0 aromatic carbocycles. The summed E-state index contributed by atoms with van der Waals surface area (Å²) in [6.45, 7) is 1.54. The van der Waals surface area contributed by atoms with E-state index in [0.717, 1.165) is 8.92 Å². The van der Waals surface area contributed by atoms with Gasteiger partial charge in [-0.2, -0.15) is 0 Å². The number of nitrogens with one attached hydrogen (secondary N) is 1. The molecule has 1 atom stereocenters. The van der Waals surface area contributed by atoms with Crippen LogP contribution in [-0.4, -0.2) is 35.5 Å². The molecule has 0 bridgehead atoms. The van der Waals surface area contributed by atoms with E-state index >= 15 is 0 Å². The number of rotatable bonds is 3. The zero-order valence-corrected chi connectivity index (χ0v) is 9.90. The van der Waals surface area contributed by atoms with E-state index in [4.69, 9.17) is 4.74 Å². The molecule has 78 valence electrons. The van der Waals surface area contributed by atoms with E-state index in [0.29, 0.717) is 26.2 Å². The number of nitrogens with zero attached hydrogens (tertiary/aromatic N) is 1. The predicted octanol–water partition coefficient (Wildman–Crippen LogP) is 1.47. The average Bonchev–Trinajstić information content (AvgIpc) is 2.73. The van der Waals surface area contributed by atoms with E-state index in [9.17, 15) is 5.11 Å². The molecule has 6 heteroatoms. The van der Waals surface area contributed by atoms with Gasteiger partial charge in [-0.25, -0.2) is 4.98 Å². The van der Waals surface area contributed by atoms with Gasteiger partial charge >= 0.3 is 0 Å². The molecule has 1 fully saturated rings. The second-order valence-electron chi connectivity index (χ2n) is 3.35. The number of hydrogen-bond donors (Lipinski definition) is 2. The Labute approximate surface area is 94.4 Å². The van der Waals surface area contributed by atoms with Crippen molar-refractivity contribution < 1.29 is 9.84 Å². The van der Waals surface area contributed by atoms with Crippen LogP contribution in [0.5, 0.6) is 0 Å². The van der Waals surface area contributed by atoms with Crippen molar-refractivity contribution in [3.8, 4) is 0 Å². The highest BCUT2D eigenvalue weighted by molar-refractivity contribution is 9.11. The highest BCUT2D eigenvalue weighted by Crippen LogP contribution is 2.25. The summed E-state index contributed by atoms with van der Waals surface area (Å²) >= 11 is 4.84. The molecule has 1 aliphatic heterocycles. The molecule has 0 radical (unpaired) electrons. The van der Waals surface area contributed by atoms with E-state index in [-0.39, 0.29) is 0 Å². The number of ether oxygens (including phenoxy) is 1. The monoisotopic (exact) mass is 278 g/mol. The van der Waals surface area contributed by atoms with Gasteiger partial charge in [0.15, 0.2) is 5.13 Å². The molecule has 1 aromatic rings. The zero-order valence-electron chi connectivity index (χ0n) is 7.49. The maximum absolute atomic E-state index is 9.94. The van der Waals surface area contributed by atoms with Gasteiger partial charge in [0.25, 0.3) is 0 Å². The SMILES string of the molecule is OC1(CNc2ncc(Br)s2)CCOC1. The fraction of sp³-hybridized carbons (Fsp3) is 0.625. The number of thiazole rings is 1. The molecule has 2 heterocycles. The number of hydrogen-bond acceptors (Lipinski definition) is 5. The van der Waals surface area contributed by atoms with Crippen molar-refractivity contribution >= 4 is 32.4 Å². The molecular formula is C8H11BrN2O2S. The molecule has 14 heavy (non-hydrogen) atoms. The third-order valence-corrected chi connectivity index (χ3v) is 3.56. The van der Waals surface area contributed by atoms with Gasteiger partial charge in [0.1, 0.15) is 5.60 Å². The third kappa shape index (κ3) is 2.44. The molecule has 0 spiro atoms. The largest absolute Gasteiger partial charge is 0.386 e. The Hall–Kier alpha value is -0.170. The molecule has 0 saturated carbocycles. The van der Waals surface area contributed by atoms with Crippen LogP contribution in [-0.2, 0) is 4.74 Å². The third-order valence-electron chi connectivity index (χ3n) is 2.13. The molecule has 1 aromatic heterocycles. The first-order valence-electron chi connectivity index (χ1n) is 4.33. The van der Waals surface area contributed by atoms with Gasteiger partial charge in [-0.3, -0.25) is 0 Å². The molecule has 1 saturated heterocycles. The zero-order chi connectivity index (χ0) is 10.0. The number of halogens is 1. The van der Waals surface area contributed by atoms with Gasteiger partial charge in [-0.15, -0.1) is 0 Å². The van der Waals surface area contributed by atoms with Gasteiger partial charge in [0, 0.05) is 19.6 Å². The Balaban J connectivity index is 1.87. The lowest BCUT2D eigenvalue weighted by Gasteiger charge is -2.20. The second kappa shape index (κ2) is 4.14. The van der Waals surface area contributed by atoms with E-state index in [1.807, 2.05) is 0 Å². The fourth-order valence-corrected chi connectivity index (χ4v) is 2.41. The molecule has 1 unspecified atom stereocenters. The van der Waals surface area contributed by atoms with E-state index in [2.05, 4.69) is 26.2 Å². The molecular weight excluding hydrogens is 268 g/mol. The van der Waals surface area contributed by atoms with E-state index in [1.54, 1.807) is 6.20 Å². The maximum atomic E-state index is 9.94. The van der Waals surface area contributed by atoms with Crippen LogP contribution in [0.1, 0.15) is 6.42 Å². The van der Waals surface area contributed by atoms with Crippen molar-refractivity contribution in [1.29, 1.82) is 0 Å². The lowest BCUT2D eigenvalue weighted by Crippen LogP contribution is -2.37. The maximum Gasteiger partial charge on any atom is 0.183 e. The fourth-order valence-electron chi connectivity index (χ4n) is 1.31. The Morgan fingerprint density at radius 1 is 1.79 bits per heavy atom. The number of aromatic nitrogens is 1. The van der Waals surface area contributed by atoms with Crippen LogP contribution in [0, 0.1) is 0 Å². The normalized spacial score (nSPS) is 26.7. The average molecular weight is 279 g/mol. The van der Waals surface area contributed by atoms with Crippen molar-refractivity contribution in [1.82, 2.24) is 4.98 Å². The smallest absolute Gasteiger partial charge is 0.183 e.